The van der Waals surface area contributed by atoms with Gasteiger partial charge in [0.05, 0.1) is 6.61 Å². The van der Waals surface area contributed by atoms with Gasteiger partial charge in [0.25, 0.3) is 0 Å². The van der Waals surface area contributed by atoms with Crippen molar-refractivity contribution in [2.75, 3.05) is 13.2 Å². The quantitative estimate of drug-likeness (QED) is 0.658. The van der Waals surface area contributed by atoms with Crippen LogP contribution in [0.15, 0.2) is 0 Å². The Morgan fingerprint density at radius 3 is 2.75 bits per heavy atom. The summed E-state index contributed by atoms with van der Waals surface area (Å²) in [7, 11) is 0. The molecule has 1 aliphatic rings. The van der Waals surface area contributed by atoms with Crippen molar-refractivity contribution in [1.29, 1.82) is 0 Å². The molecule has 4 nitrogen and oxygen atoms in total. The molecular formula is C8H15NO3. The fourth-order valence-electron chi connectivity index (χ4n) is 1.42. The van der Waals surface area contributed by atoms with Gasteiger partial charge in [-0.3, -0.25) is 0 Å². The summed E-state index contributed by atoms with van der Waals surface area (Å²) in [5.74, 6) is 0. The first-order valence-electron chi connectivity index (χ1n) is 4.37. The second-order valence-electron chi connectivity index (χ2n) is 2.99. The fourth-order valence-corrected chi connectivity index (χ4v) is 1.42. The lowest BCUT2D eigenvalue weighted by Crippen LogP contribution is -2.33. The summed E-state index contributed by atoms with van der Waals surface area (Å²) >= 11 is 0. The van der Waals surface area contributed by atoms with Crippen molar-refractivity contribution in [2.24, 2.45) is 0 Å². The van der Waals surface area contributed by atoms with E-state index in [4.69, 9.17) is 5.11 Å². The molecule has 70 valence electrons. The molecule has 1 amide bonds. The minimum Gasteiger partial charge on any atom is -0.447 e. The van der Waals surface area contributed by atoms with Crippen molar-refractivity contribution in [2.45, 2.75) is 31.7 Å². The lowest BCUT2D eigenvalue weighted by atomic mass is 10.3. The van der Waals surface area contributed by atoms with Crippen LogP contribution in [-0.4, -0.2) is 30.5 Å². The van der Waals surface area contributed by atoms with Gasteiger partial charge in [0.15, 0.2) is 0 Å². The average molecular weight is 173 g/mol. The molecule has 0 heterocycles. The number of aliphatic hydroxyl groups is 1. The van der Waals surface area contributed by atoms with Gasteiger partial charge in [0.2, 0.25) is 0 Å². The van der Waals surface area contributed by atoms with Crippen LogP contribution in [0.1, 0.15) is 25.7 Å². The number of aliphatic hydroxyl groups excluding tert-OH is 1. The third-order valence-corrected chi connectivity index (χ3v) is 2.00. The Labute approximate surface area is 71.9 Å². The summed E-state index contributed by atoms with van der Waals surface area (Å²) in [6.07, 6.45) is 4.06. The number of carbonyl (C=O) groups is 1. The minimum absolute atomic E-state index is 0.0819. The highest BCUT2D eigenvalue weighted by atomic mass is 16.6. The summed E-state index contributed by atoms with van der Waals surface area (Å²) in [6.45, 7) is -0.0311. The molecule has 1 rings (SSSR count). The zero-order chi connectivity index (χ0) is 8.81. The SMILES string of the molecule is O=C(NC1CCCC1)OCCO. The molecule has 1 aliphatic carbocycles. The third-order valence-electron chi connectivity index (χ3n) is 2.00. The van der Waals surface area contributed by atoms with Gasteiger partial charge in [-0.15, -0.1) is 0 Å². The number of rotatable bonds is 3. The predicted octanol–water partition coefficient (Wildman–Crippen LogP) is 0.647. The van der Waals surface area contributed by atoms with E-state index in [9.17, 15) is 4.79 Å². The molecule has 0 bridgehead atoms. The number of ether oxygens (including phenoxy) is 1. The normalized spacial score (nSPS) is 17.8. The largest absolute Gasteiger partial charge is 0.447 e. The molecule has 0 aromatic carbocycles. The van der Waals surface area contributed by atoms with Gasteiger partial charge in [-0.05, 0) is 12.8 Å². The number of alkyl carbamates (subject to hydrolysis) is 1. The topological polar surface area (TPSA) is 58.6 Å². The first-order chi connectivity index (χ1) is 5.83. The van der Waals surface area contributed by atoms with Crippen LogP contribution in [-0.2, 0) is 4.74 Å². The number of carbonyl (C=O) groups excluding carboxylic acids is 1. The summed E-state index contributed by atoms with van der Waals surface area (Å²) in [5.41, 5.74) is 0. The van der Waals surface area contributed by atoms with Crippen LogP contribution in [0.4, 0.5) is 4.79 Å². The van der Waals surface area contributed by atoms with E-state index >= 15 is 0 Å². The summed E-state index contributed by atoms with van der Waals surface area (Å²) in [4.78, 5) is 10.9. The van der Waals surface area contributed by atoms with E-state index in [1.165, 1.54) is 12.8 Å². The maximum Gasteiger partial charge on any atom is 0.407 e. The number of hydrogen-bond acceptors (Lipinski definition) is 3. The first-order valence-corrected chi connectivity index (χ1v) is 4.37. The maximum absolute atomic E-state index is 10.9. The van der Waals surface area contributed by atoms with Crippen molar-refractivity contribution in [3.63, 3.8) is 0 Å². The van der Waals surface area contributed by atoms with E-state index in [1.54, 1.807) is 0 Å². The third kappa shape index (κ3) is 3.09. The van der Waals surface area contributed by atoms with Gasteiger partial charge >= 0.3 is 6.09 Å². The second kappa shape index (κ2) is 4.98. The smallest absolute Gasteiger partial charge is 0.407 e. The van der Waals surface area contributed by atoms with Crippen molar-refractivity contribution < 1.29 is 14.6 Å². The monoisotopic (exact) mass is 173 g/mol. The molecule has 0 radical (unpaired) electrons. The maximum atomic E-state index is 10.9. The van der Waals surface area contributed by atoms with Crippen LogP contribution in [0.2, 0.25) is 0 Å². The lowest BCUT2D eigenvalue weighted by molar-refractivity contribution is 0.116. The van der Waals surface area contributed by atoms with E-state index < -0.39 is 6.09 Å². The van der Waals surface area contributed by atoms with Gasteiger partial charge in [0, 0.05) is 6.04 Å². The van der Waals surface area contributed by atoms with Crippen molar-refractivity contribution in [3.05, 3.63) is 0 Å². The molecule has 12 heavy (non-hydrogen) atoms. The predicted molar refractivity (Wildman–Crippen MR) is 43.8 cm³/mol. The molecule has 2 N–H and O–H groups in total. The minimum atomic E-state index is -0.407. The molecule has 1 fully saturated rings. The van der Waals surface area contributed by atoms with Crippen LogP contribution in [0.5, 0.6) is 0 Å². The van der Waals surface area contributed by atoms with Gasteiger partial charge < -0.3 is 15.2 Å². The number of hydrogen-bond donors (Lipinski definition) is 2. The van der Waals surface area contributed by atoms with E-state index in [2.05, 4.69) is 10.1 Å². The Morgan fingerprint density at radius 2 is 2.17 bits per heavy atom. The van der Waals surface area contributed by atoms with E-state index in [-0.39, 0.29) is 19.3 Å². The molecule has 0 spiro atoms. The molecule has 0 saturated heterocycles. The van der Waals surface area contributed by atoms with Crippen LogP contribution in [0, 0.1) is 0 Å². The van der Waals surface area contributed by atoms with Gasteiger partial charge in [-0.1, -0.05) is 12.8 Å². The standard InChI is InChI=1S/C8H15NO3/c10-5-6-12-8(11)9-7-3-1-2-4-7/h7,10H,1-6H2,(H,9,11). The van der Waals surface area contributed by atoms with Crippen molar-refractivity contribution in [1.82, 2.24) is 5.32 Å². The van der Waals surface area contributed by atoms with E-state index in [1.807, 2.05) is 0 Å². The Balaban J connectivity index is 2.08. The van der Waals surface area contributed by atoms with Gasteiger partial charge in [-0.25, -0.2) is 4.79 Å². The van der Waals surface area contributed by atoms with Crippen molar-refractivity contribution in [3.8, 4) is 0 Å². The molecule has 4 heteroatoms. The average Bonchev–Trinajstić information content (AvgIpc) is 2.53. The zero-order valence-electron chi connectivity index (χ0n) is 7.08. The Kier molecular flexibility index (Phi) is 3.87. The second-order valence-corrected chi connectivity index (χ2v) is 2.99. The highest BCUT2D eigenvalue weighted by Crippen LogP contribution is 2.17. The zero-order valence-corrected chi connectivity index (χ0v) is 7.08. The van der Waals surface area contributed by atoms with Crippen LogP contribution < -0.4 is 5.32 Å². The van der Waals surface area contributed by atoms with Gasteiger partial charge in [-0.2, -0.15) is 0 Å². The van der Waals surface area contributed by atoms with Crippen molar-refractivity contribution >= 4 is 6.09 Å². The molecule has 1 saturated carbocycles. The Bertz CT molecular complexity index is 143. The van der Waals surface area contributed by atoms with Crippen LogP contribution in [0.3, 0.4) is 0 Å². The first kappa shape index (κ1) is 9.32. The Morgan fingerprint density at radius 1 is 1.50 bits per heavy atom. The molecule has 0 atom stereocenters. The summed E-state index contributed by atoms with van der Waals surface area (Å²) in [5, 5.41) is 11.1. The highest BCUT2D eigenvalue weighted by Gasteiger charge is 2.17. The van der Waals surface area contributed by atoms with E-state index in [0.717, 1.165) is 12.8 Å². The highest BCUT2D eigenvalue weighted by molar-refractivity contribution is 5.67. The molecule has 0 aromatic heterocycles. The number of nitrogens with one attached hydrogen (secondary N) is 1. The lowest BCUT2D eigenvalue weighted by Gasteiger charge is -2.11. The van der Waals surface area contributed by atoms with Crippen LogP contribution >= 0.6 is 0 Å². The number of amides is 1. The molecule has 0 aliphatic heterocycles. The van der Waals surface area contributed by atoms with Gasteiger partial charge in [0.1, 0.15) is 6.61 Å². The molecular weight excluding hydrogens is 158 g/mol. The van der Waals surface area contributed by atoms with E-state index in [0.29, 0.717) is 0 Å². The molecule has 0 unspecified atom stereocenters. The summed E-state index contributed by atoms with van der Waals surface area (Å²) < 4.78 is 4.65. The fraction of sp³-hybridized carbons (Fsp3) is 0.875. The summed E-state index contributed by atoms with van der Waals surface area (Å²) in [6, 6.07) is 0.288. The Hall–Kier alpha value is -0.770. The molecule has 0 aromatic rings. The van der Waals surface area contributed by atoms with Crippen LogP contribution in [0.25, 0.3) is 0 Å².